The van der Waals surface area contributed by atoms with Crippen molar-refractivity contribution >= 4 is 28.3 Å². The first-order valence-corrected chi connectivity index (χ1v) is 15.8. The summed E-state index contributed by atoms with van der Waals surface area (Å²) in [6, 6.07) is 10.7. The van der Waals surface area contributed by atoms with Crippen LogP contribution in [0, 0.1) is 11.7 Å². The van der Waals surface area contributed by atoms with E-state index in [1.54, 1.807) is 12.3 Å². The number of rotatable bonds is 6. The zero-order valence-electron chi connectivity index (χ0n) is 24.7. The number of benzene rings is 2. The molecule has 0 radical (unpaired) electrons. The van der Waals surface area contributed by atoms with Crippen LogP contribution in [-0.2, 0) is 16.9 Å². The molecule has 1 aliphatic carbocycles. The Balaban J connectivity index is 1.29. The Hall–Kier alpha value is -3.61. The van der Waals surface area contributed by atoms with Gasteiger partial charge in [0.1, 0.15) is 33.4 Å². The van der Waals surface area contributed by atoms with Crippen molar-refractivity contribution in [3.63, 3.8) is 0 Å². The summed E-state index contributed by atoms with van der Waals surface area (Å²) >= 11 is -1.41. The summed E-state index contributed by atoms with van der Waals surface area (Å²) in [4.78, 5) is 22.4. The van der Waals surface area contributed by atoms with Gasteiger partial charge in [0.2, 0.25) is 0 Å². The van der Waals surface area contributed by atoms with Gasteiger partial charge in [0.05, 0.1) is 23.1 Å². The molecule has 0 saturated heterocycles. The molecular formula is C32H32F3N5O3S. The standard InChI is InChI=1S/C32H32F3N5O3S/c1-16-10-11-32(16,39-44(42)31(2,3)4)27-20(33)12-18(15-36-27)17-8-9-21-23(13-17)40-24-14-22(28(40)37-21)38-29(41)19-6-5-7-25(26(19)24)43-30(34)35/h5-9,12-13,15-16,22,24,30,39H,10-11,14H2,1-4H3,(H,38,41)/t16-,22+,24+,32+,44?/m0/s1. The second kappa shape index (κ2) is 10.2. The lowest BCUT2D eigenvalue weighted by atomic mass is 9.66. The SMILES string of the molecule is C[C@H]1CC[C@]1(N[S+]([O-])C(C)(C)C)c1ncc(-c2ccc3nc4n(c3c2)[C@@H]2C[C@H]4NC(=O)c3cccc(OC(F)F)c32)cc1F. The first-order chi connectivity index (χ1) is 20.9. The zero-order chi connectivity index (χ0) is 31.1. The molecule has 3 aliphatic rings. The molecule has 2 aromatic heterocycles. The van der Waals surface area contributed by atoms with Gasteiger partial charge in [-0.2, -0.15) is 8.78 Å². The highest BCUT2D eigenvalue weighted by molar-refractivity contribution is 7.90. The van der Waals surface area contributed by atoms with Crippen LogP contribution >= 0.6 is 0 Å². The second-order valence-electron chi connectivity index (χ2n) is 12.9. The number of nitrogens with zero attached hydrogens (tertiary/aromatic N) is 3. The lowest BCUT2D eigenvalue weighted by Crippen LogP contribution is -2.60. The number of imidazole rings is 1. The van der Waals surface area contributed by atoms with Gasteiger partial charge in [-0.1, -0.05) is 19.1 Å². The predicted octanol–water partition coefficient (Wildman–Crippen LogP) is 6.29. The smallest absolute Gasteiger partial charge is 0.387 e. The van der Waals surface area contributed by atoms with Gasteiger partial charge in [-0.3, -0.25) is 9.78 Å². The third kappa shape index (κ3) is 4.49. The number of alkyl halides is 2. The van der Waals surface area contributed by atoms with Crippen LogP contribution in [0.5, 0.6) is 5.75 Å². The van der Waals surface area contributed by atoms with Crippen LogP contribution in [0.1, 0.15) is 86.5 Å². The van der Waals surface area contributed by atoms with E-state index in [-0.39, 0.29) is 28.8 Å². The highest BCUT2D eigenvalue weighted by Crippen LogP contribution is 2.49. The van der Waals surface area contributed by atoms with Gasteiger partial charge in [-0.15, -0.1) is 4.72 Å². The highest BCUT2D eigenvalue weighted by atomic mass is 32.2. The normalized spacial score (nSPS) is 24.8. The molecule has 1 amide bonds. The fourth-order valence-electron chi connectivity index (χ4n) is 6.71. The van der Waals surface area contributed by atoms with E-state index < -0.39 is 46.2 Å². The van der Waals surface area contributed by atoms with E-state index in [9.17, 15) is 18.1 Å². The Labute approximate surface area is 255 Å². The summed E-state index contributed by atoms with van der Waals surface area (Å²) in [6.45, 7) is 4.58. The first kappa shape index (κ1) is 29.1. The molecule has 2 N–H and O–H groups in total. The number of pyridine rings is 1. The number of aromatic nitrogens is 3. The van der Waals surface area contributed by atoms with E-state index in [0.29, 0.717) is 40.9 Å². The molecule has 0 spiro atoms. The predicted molar refractivity (Wildman–Crippen MR) is 160 cm³/mol. The molecular weight excluding hydrogens is 591 g/mol. The number of hydrogen-bond acceptors (Lipinski definition) is 6. The van der Waals surface area contributed by atoms with Gasteiger partial charge in [0, 0.05) is 34.2 Å². The Morgan fingerprint density at radius 1 is 1.20 bits per heavy atom. The molecule has 4 heterocycles. The molecule has 44 heavy (non-hydrogen) atoms. The molecule has 230 valence electrons. The Kier molecular flexibility index (Phi) is 6.76. The van der Waals surface area contributed by atoms with Crippen LogP contribution in [0.3, 0.4) is 0 Å². The zero-order valence-corrected chi connectivity index (χ0v) is 25.5. The van der Waals surface area contributed by atoms with E-state index in [4.69, 9.17) is 9.72 Å². The molecule has 2 aliphatic heterocycles. The van der Waals surface area contributed by atoms with Crippen LogP contribution in [0.4, 0.5) is 13.2 Å². The molecule has 4 aromatic rings. The minimum Gasteiger partial charge on any atom is -0.598 e. The largest absolute Gasteiger partial charge is 0.598 e. The van der Waals surface area contributed by atoms with E-state index in [0.717, 1.165) is 11.9 Å². The van der Waals surface area contributed by atoms with Crippen molar-refractivity contribution in [3.8, 4) is 16.9 Å². The fourth-order valence-corrected chi connectivity index (χ4v) is 7.74. The number of hydrogen-bond donors (Lipinski definition) is 2. The summed E-state index contributed by atoms with van der Waals surface area (Å²) in [5.74, 6) is -0.230. The van der Waals surface area contributed by atoms with Gasteiger partial charge in [-0.25, -0.2) is 9.37 Å². The van der Waals surface area contributed by atoms with Gasteiger partial charge < -0.3 is 19.2 Å². The molecule has 2 bridgehead atoms. The van der Waals surface area contributed by atoms with Crippen LogP contribution in [-0.4, -0.2) is 36.4 Å². The summed E-state index contributed by atoms with van der Waals surface area (Å²) in [7, 11) is 0. The minimum absolute atomic E-state index is 0.0498. The summed E-state index contributed by atoms with van der Waals surface area (Å²) in [5.41, 5.74) is 2.72. The summed E-state index contributed by atoms with van der Waals surface area (Å²) < 4.78 is 65.1. The average molecular weight is 624 g/mol. The minimum atomic E-state index is -3.05. The maximum Gasteiger partial charge on any atom is 0.387 e. The average Bonchev–Trinajstić information content (AvgIpc) is 3.46. The number of ether oxygens (including phenoxy) is 1. The summed E-state index contributed by atoms with van der Waals surface area (Å²) in [5, 5.41) is 2.98. The maximum atomic E-state index is 15.9. The summed E-state index contributed by atoms with van der Waals surface area (Å²) in [6.07, 6.45) is 3.56. The second-order valence-corrected chi connectivity index (χ2v) is 14.8. The van der Waals surface area contributed by atoms with Crippen molar-refractivity contribution in [2.45, 2.75) is 75.9 Å². The monoisotopic (exact) mass is 623 g/mol. The Bertz CT molecular complexity index is 1810. The van der Waals surface area contributed by atoms with E-state index in [1.165, 1.54) is 18.2 Å². The van der Waals surface area contributed by atoms with Crippen molar-refractivity contribution < 1.29 is 27.3 Å². The number of carbonyl (C=O) groups is 1. The molecule has 1 fully saturated rings. The highest BCUT2D eigenvalue weighted by Gasteiger charge is 2.53. The van der Waals surface area contributed by atoms with E-state index in [2.05, 4.69) is 15.0 Å². The van der Waals surface area contributed by atoms with Crippen molar-refractivity contribution in [2.75, 3.05) is 0 Å². The molecule has 7 rings (SSSR count). The van der Waals surface area contributed by atoms with Gasteiger partial charge in [0.15, 0.2) is 0 Å². The van der Waals surface area contributed by atoms with Gasteiger partial charge in [-0.05, 0) is 81.8 Å². The molecule has 2 aromatic carbocycles. The fraction of sp³-hybridized carbons (Fsp3) is 0.406. The topological polar surface area (TPSA) is 104 Å². The Morgan fingerprint density at radius 3 is 2.66 bits per heavy atom. The number of amides is 1. The van der Waals surface area contributed by atoms with E-state index >= 15 is 4.39 Å². The van der Waals surface area contributed by atoms with Gasteiger partial charge in [0.25, 0.3) is 5.91 Å². The number of carbonyl (C=O) groups excluding carboxylic acids is 1. The lowest BCUT2D eigenvalue weighted by Gasteiger charge is -2.48. The molecule has 5 atom stereocenters. The quantitative estimate of drug-likeness (QED) is 0.245. The van der Waals surface area contributed by atoms with Crippen LogP contribution in [0.15, 0.2) is 48.7 Å². The van der Waals surface area contributed by atoms with Crippen molar-refractivity contribution in [2.24, 2.45) is 5.92 Å². The van der Waals surface area contributed by atoms with Crippen LogP contribution in [0.2, 0.25) is 0 Å². The third-order valence-corrected chi connectivity index (χ3v) is 10.9. The maximum absolute atomic E-state index is 15.9. The third-order valence-electron chi connectivity index (χ3n) is 9.21. The van der Waals surface area contributed by atoms with Crippen LogP contribution < -0.4 is 14.8 Å². The molecule has 1 unspecified atom stereocenters. The van der Waals surface area contributed by atoms with Crippen molar-refractivity contribution in [3.05, 3.63) is 77.1 Å². The molecule has 1 saturated carbocycles. The molecule has 8 nitrogen and oxygen atoms in total. The molecule has 12 heteroatoms. The van der Waals surface area contributed by atoms with Crippen LogP contribution in [0.25, 0.3) is 22.2 Å². The number of nitrogens with one attached hydrogen (secondary N) is 2. The lowest BCUT2D eigenvalue weighted by molar-refractivity contribution is -0.0507. The number of halogens is 3. The first-order valence-electron chi connectivity index (χ1n) is 14.6. The van der Waals surface area contributed by atoms with Crippen molar-refractivity contribution in [1.29, 1.82) is 0 Å². The Morgan fingerprint density at radius 2 is 2.00 bits per heavy atom. The van der Waals surface area contributed by atoms with E-state index in [1.807, 2.05) is 50.5 Å². The number of fused-ring (bicyclic) bond motifs is 9. The van der Waals surface area contributed by atoms with Crippen molar-refractivity contribution in [1.82, 2.24) is 24.6 Å². The van der Waals surface area contributed by atoms with Gasteiger partial charge >= 0.3 is 6.61 Å².